The third-order valence-corrected chi connectivity index (χ3v) is 2.36. The van der Waals surface area contributed by atoms with Crippen LogP contribution < -0.4 is 5.73 Å². The first-order chi connectivity index (χ1) is 8.00. The average molecular weight is 234 g/mol. The first-order valence-corrected chi connectivity index (χ1v) is 4.72. The van der Waals surface area contributed by atoms with E-state index in [1.165, 1.54) is 6.07 Å². The van der Waals surface area contributed by atoms with Crippen molar-refractivity contribution < 1.29 is 15.0 Å². The standard InChI is InChI=1S/C10H10N4O3/c1-14-3-2-5-6(14)4-7(15)8(9(5)16)12-13-10(11)17/h2-4,15-16H,1H3,(H2,11,17). The Hall–Kier alpha value is -2.57. The van der Waals surface area contributed by atoms with Gasteiger partial charge in [-0.15, -0.1) is 5.11 Å². The fourth-order valence-electron chi connectivity index (χ4n) is 1.57. The van der Waals surface area contributed by atoms with Gasteiger partial charge in [0.25, 0.3) is 0 Å². The Morgan fingerprint density at radius 3 is 2.82 bits per heavy atom. The second-order valence-corrected chi connectivity index (χ2v) is 3.49. The lowest BCUT2D eigenvalue weighted by Crippen LogP contribution is -2.01. The Morgan fingerprint density at radius 2 is 2.18 bits per heavy atom. The van der Waals surface area contributed by atoms with Crippen LogP contribution in [-0.4, -0.2) is 20.8 Å². The molecule has 0 spiro atoms. The Labute approximate surface area is 95.8 Å². The number of nitrogens with two attached hydrogens (primary N) is 1. The molecular weight excluding hydrogens is 224 g/mol. The maximum atomic E-state index is 10.5. The average Bonchev–Trinajstić information content (AvgIpc) is 2.60. The number of azo groups is 1. The Bertz CT molecular complexity index is 630. The van der Waals surface area contributed by atoms with Crippen molar-refractivity contribution in [3.05, 3.63) is 18.3 Å². The van der Waals surface area contributed by atoms with E-state index in [4.69, 9.17) is 5.73 Å². The normalized spacial score (nSPS) is 11.4. The molecule has 1 heterocycles. The van der Waals surface area contributed by atoms with Gasteiger partial charge >= 0.3 is 6.03 Å². The van der Waals surface area contributed by atoms with Crippen LogP contribution in [0, 0.1) is 0 Å². The van der Waals surface area contributed by atoms with Crippen LogP contribution in [0.25, 0.3) is 10.9 Å². The highest BCUT2D eigenvalue weighted by atomic mass is 16.3. The molecule has 2 amide bonds. The second-order valence-electron chi connectivity index (χ2n) is 3.49. The van der Waals surface area contributed by atoms with Crippen LogP contribution in [0.5, 0.6) is 11.5 Å². The van der Waals surface area contributed by atoms with E-state index in [2.05, 4.69) is 10.2 Å². The zero-order valence-corrected chi connectivity index (χ0v) is 8.95. The predicted molar refractivity (Wildman–Crippen MR) is 60.3 cm³/mol. The van der Waals surface area contributed by atoms with Crippen LogP contribution in [0.3, 0.4) is 0 Å². The second kappa shape index (κ2) is 3.78. The zero-order valence-electron chi connectivity index (χ0n) is 8.95. The van der Waals surface area contributed by atoms with E-state index < -0.39 is 6.03 Å². The highest BCUT2D eigenvalue weighted by Gasteiger charge is 2.14. The Kier molecular flexibility index (Phi) is 2.43. The maximum Gasteiger partial charge on any atom is 0.356 e. The maximum absolute atomic E-state index is 10.5. The van der Waals surface area contributed by atoms with Crippen molar-refractivity contribution in [3.8, 4) is 11.5 Å². The minimum absolute atomic E-state index is 0.178. The molecule has 0 radical (unpaired) electrons. The van der Waals surface area contributed by atoms with Crippen molar-refractivity contribution in [2.45, 2.75) is 0 Å². The number of fused-ring (bicyclic) bond motifs is 1. The molecule has 0 bridgehead atoms. The number of rotatable bonds is 1. The van der Waals surface area contributed by atoms with Gasteiger partial charge in [0.2, 0.25) is 0 Å². The number of amides is 2. The Balaban J connectivity index is 2.68. The molecule has 0 aliphatic rings. The lowest BCUT2D eigenvalue weighted by Gasteiger charge is -2.04. The summed E-state index contributed by atoms with van der Waals surface area (Å²) in [6.45, 7) is 0. The number of benzene rings is 1. The van der Waals surface area contributed by atoms with E-state index in [1.807, 2.05) is 0 Å². The van der Waals surface area contributed by atoms with Gasteiger partial charge in [0.15, 0.2) is 11.4 Å². The molecular formula is C10H10N4O3. The van der Waals surface area contributed by atoms with Crippen molar-refractivity contribution in [2.24, 2.45) is 23.0 Å². The van der Waals surface area contributed by atoms with Crippen molar-refractivity contribution in [3.63, 3.8) is 0 Å². The van der Waals surface area contributed by atoms with Crippen LogP contribution in [-0.2, 0) is 7.05 Å². The van der Waals surface area contributed by atoms with Gasteiger partial charge in [-0.2, -0.15) is 0 Å². The van der Waals surface area contributed by atoms with Crippen molar-refractivity contribution in [1.29, 1.82) is 0 Å². The van der Waals surface area contributed by atoms with Gasteiger partial charge in [-0.1, -0.05) is 5.11 Å². The van der Waals surface area contributed by atoms with Gasteiger partial charge in [-0.3, -0.25) is 0 Å². The number of nitrogens with zero attached hydrogens (tertiary/aromatic N) is 3. The van der Waals surface area contributed by atoms with Crippen molar-refractivity contribution in [2.75, 3.05) is 0 Å². The number of phenolic OH excluding ortho intramolecular Hbond substituents is 2. The summed E-state index contributed by atoms with van der Waals surface area (Å²) in [5, 5.41) is 26.5. The van der Waals surface area contributed by atoms with Gasteiger partial charge in [0, 0.05) is 24.7 Å². The number of aryl methyl sites for hydroxylation is 1. The van der Waals surface area contributed by atoms with Gasteiger partial charge < -0.3 is 20.5 Å². The summed E-state index contributed by atoms with van der Waals surface area (Å²) in [6, 6.07) is 2.08. The van der Waals surface area contributed by atoms with Crippen molar-refractivity contribution >= 4 is 22.6 Å². The first kappa shape index (κ1) is 10.9. The van der Waals surface area contributed by atoms with Crippen LogP contribution >= 0.6 is 0 Å². The molecule has 1 aromatic carbocycles. The van der Waals surface area contributed by atoms with Crippen LogP contribution in [0.2, 0.25) is 0 Å². The van der Waals surface area contributed by atoms with Crippen molar-refractivity contribution in [1.82, 2.24) is 4.57 Å². The van der Waals surface area contributed by atoms with E-state index in [-0.39, 0.29) is 17.2 Å². The summed E-state index contributed by atoms with van der Waals surface area (Å²) in [7, 11) is 1.77. The Morgan fingerprint density at radius 1 is 1.47 bits per heavy atom. The molecule has 0 fully saturated rings. The van der Waals surface area contributed by atoms with E-state index in [1.54, 1.807) is 23.9 Å². The molecule has 0 aliphatic heterocycles. The van der Waals surface area contributed by atoms with Gasteiger partial charge in [-0.05, 0) is 6.07 Å². The lowest BCUT2D eigenvalue weighted by molar-refractivity contribution is 0.255. The SMILES string of the molecule is Cn1ccc2c(O)c(N=NC(N)=O)c(O)cc21. The largest absolute Gasteiger partial charge is 0.505 e. The summed E-state index contributed by atoms with van der Waals surface area (Å²) < 4.78 is 1.73. The molecule has 17 heavy (non-hydrogen) atoms. The first-order valence-electron chi connectivity index (χ1n) is 4.72. The van der Waals surface area contributed by atoms with Crippen LogP contribution in [0.4, 0.5) is 10.5 Å². The molecule has 0 aliphatic carbocycles. The molecule has 7 heteroatoms. The highest BCUT2D eigenvalue weighted by molar-refractivity contribution is 5.93. The summed E-state index contributed by atoms with van der Waals surface area (Å²) in [5.41, 5.74) is 5.25. The number of hydrogen-bond acceptors (Lipinski definition) is 4. The van der Waals surface area contributed by atoms with Crippen LogP contribution in [0.1, 0.15) is 0 Å². The molecule has 7 nitrogen and oxygen atoms in total. The van der Waals surface area contributed by atoms with E-state index >= 15 is 0 Å². The number of aromatic hydroxyl groups is 2. The highest BCUT2D eigenvalue weighted by Crippen LogP contribution is 2.42. The number of phenols is 2. The molecule has 0 saturated heterocycles. The number of primary amides is 1. The summed E-state index contributed by atoms with van der Waals surface area (Å²) in [5.74, 6) is -0.521. The summed E-state index contributed by atoms with van der Waals surface area (Å²) in [6.07, 6.45) is 1.72. The molecule has 1 aromatic heterocycles. The number of carbonyl (C=O) groups is 1. The van der Waals surface area contributed by atoms with E-state index in [0.29, 0.717) is 10.9 Å². The third-order valence-electron chi connectivity index (χ3n) is 2.36. The topological polar surface area (TPSA) is 113 Å². The predicted octanol–water partition coefficient (Wildman–Crippen LogP) is 1.75. The lowest BCUT2D eigenvalue weighted by atomic mass is 10.2. The molecule has 2 rings (SSSR count). The molecule has 88 valence electrons. The smallest absolute Gasteiger partial charge is 0.356 e. The van der Waals surface area contributed by atoms with Crippen LogP contribution in [0.15, 0.2) is 28.6 Å². The fourth-order valence-corrected chi connectivity index (χ4v) is 1.57. The summed E-state index contributed by atoms with van der Waals surface area (Å²) in [4.78, 5) is 10.5. The zero-order chi connectivity index (χ0) is 12.6. The number of aromatic nitrogens is 1. The fraction of sp³-hybridized carbons (Fsp3) is 0.100. The van der Waals surface area contributed by atoms with E-state index in [0.717, 1.165) is 0 Å². The monoisotopic (exact) mass is 234 g/mol. The number of hydrogen-bond donors (Lipinski definition) is 3. The van der Waals surface area contributed by atoms with Gasteiger partial charge in [0.1, 0.15) is 5.75 Å². The molecule has 4 N–H and O–H groups in total. The molecule has 0 atom stereocenters. The summed E-state index contributed by atoms with van der Waals surface area (Å²) >= 11 is 0. The van der Waals surface area contributed by atoms with Gasteiger partial charge in [0.05, 0.1) is 5.52 Å². The molecule has 0 unspecified atom stereocenters. The van der Waals surface area contributed by atoms with E-state index in [9.17, 15) is 15.0 Å². The minimum atomic E-state index is -1.00. The minimum Gasteiger partial charge on any atom is -0.505 e. The molecule has 2 aromatic rings. The molecule has 0 saturated carbocycles. The number of carbonyl (C=O) groups excluding carboxylic acids is 1. The number of urea groups is 1. The third kappa shape index (κ3) is 1.78. The van der Waals surface area contributed by atoms with Gasteiger partial charge in [-0.25, -0.2) is 4.79 Å². The quantitative estimate of drug-likeness (QED) is 0.653.